The van der Waals surface area contributed by atoms with Crippen molar-refractivity contribution in [1.82, 2.24) is 9.78 Å². The largest absolute Gasteiger partial charge is 0.494 e. The van der Waals surface area contributed by atoms with Crippen LogP contribution < -0.4 is 10.1 Å². The predicted molar refractivity (Wildman–Crippen MR) is 82.2 cm³/mol. The summed E-state index contributed by atoms with van der Waals surface area (Å²) in [5.74, 6) is -0.773. The molecule has 0 aliphatic heterocycles. The van der Waals surface area contributed by atoms with Crippen LogP contribution in [0.15, 0.2) is 18.2 Å². The minimum atomic E-state index is -0.822. The summed E-state index contributed by atoms with van der Waals surface area (Å²) in [7, 11) is 2.76. The van der Waals surface area contributed by atoms with Crippen molar-refractivity contribution in [2.24, 2.45) is 7.05 Å². The first-order valence-electron chi connectivity index (χ1n) is 6.58. The Hall–Kier alpha value is -3.50. The molecule has 0 unspecified atom stereocenters. The first kappa shape index (κ1) is 16.9. The van der Waals surface area contributed by atoms with Crippen LogP contribution in [-0.2, 0) is 7.05 Å². The van der Waals surface area contributed by atoms with E-state index in [0.29, 0.717) is 0 Å². The summed E-state index contributed by atoms with van der Waals surface area (Å²) >= 11 is 0. The lowest BCUT2D eigenvalue weighted by Crippen LogP contribution is -2.15. The molecule has 11 heteroatoms. The number of hydrogen-bond acceptors (Lipinski definition) is 7. The monoisotopic (exact) mass is 335 g/mol. The molecule has 0 radical (unpaired) electrons. The van der Waals surface area contributed by atoms with E-state index in [2.05, 4.69) is 10.4 Å². The molecule has 2 rings (SSSR count). The van der Waals surface area contributed by atoms with E-state index in [-0.39, 0.29) is 28.5 Å². The molecular weight excluding hydrogens is 322 g/mol. The number of carbonyl (C=O) groups is 1. The number of non-ortho nitro benzene ring substituents is 1. The third-order valence-corrected chi connectivity index (χ3v) is 3.34. The average Bonchev–Trinajstić information content (AvgIpc) is 2.83. The normalized spacial score (nSPS) is 10.3. The van der Waals surface area contributed by atoms with E-state index in [1.165, 1.54) is 37.9 Å². The van der Waals surface area contributed by atoms with Gasteiger partial charge in [-0.2, -0.15) is 5.10 Å². The number of rotatable bonds is 5. The topological polar surface area (TPSA) is 142 Å². The van der Waals surface area contributed by atoms with Gasteiger partial charge in [-0.1, -0.05) is 0 Å². The maximum absolute atomic E-state index is 12.3. The van der Waals surface area contributed by atoms with Gasteiger partial charge in [-0.15, -0.1) is 0 Å². The number of carbonyl (C=O) groups excluding carboxylic acids is 1. The average molecular weight is 335 g/mol. The Morgan fingerprint density at radius 1 is 1.29 bits per heavy atom. The Labute approximate surface area is 135 Å². The molecule has 0 aliphatic carbocycles. The third kappa shape index (κ3) is 2.99. The summed E-state index contributed by atoms with van der Waals surface area (Å²) in [5.41, 5.74) is -0.632. The molecule has 1 aromatic heterocycles. The van der Waals surface area contributed by atoms with Crippen LogP contribution in [0.4, 0.5) is 17.1 Å². The number of nitrogens with zero attached hydrogens (tertiary/aromatic N) is 4. The first-order valence-corrected chi connectivity index (χ1v) is 6.58. The molecule has 0 saturated heterocycles. The molecule has 126 valence electrons. The van der Waals surface area contributed by atoms with Gasteiger partial charge in [0.2, 0.25) is 5.69 Å². The van der Waals surface area contributed by atoms with Crippen LogP contribution in [0.3, 0.4) is 0 Å². The number of benzene rings is 1. The van der Waals surface area contributed by atoms with Crippen molar-refractivity contribution in [2.45, 2.75) is 6.92 Å². The highest BCUT2D eigenvalue weighted by Crippen LogP contribution is 2.30. The maximum Gasteiger partial charge on any atom is 0.322 e. The second-order valence-electron chi connectivity index (χ2n) is 4.76. The number of ether oxygens (including phenoxy) is 1. The van der Waals surface area contributed by atoms with Gasteiger partial charge in [0.15, 0.2) is 0 Å². The number of hydrogen-bond donors (Lipinski definition) is 1. The number of aryl methyl sites for hydroxylation is 1. The van der Waals surface area contributed by atoms with Crippen molar-refractivity contribution in [3.63, 3.8) is 0 Å². The third-order valence-electron chi connectivity index (χ3n) is 3.34. The molecule has 24 heavy (non-hydrogen) atoms. The number of aromatic nitrogens is 2. The quantitative estimate of drug-likeness (QED) is 0.648. The predicted octanol–water partition coefficient (Wildman–Crippen LogP) is 1.81. The van der Waals surface area contributed by atoms with Crippen LogP contribution in [0, 0.1) is 27.2 Å². The molecule has 1 N–H and O–H groups in total. The van der Waals surface area contributed by atoms with E-state index in [0.717, 1.165) is 6.07 Å². The van der Waals surface area contributed by atoms with Gasteiger partial charge in [0, 0.05) is 13.1 Å². The number of nitro benzene ring substituents is 1. The molecule has 1 heterocycles. The maximum atomic E-state index is 12.3. The van der Waals surface area contributed by atoms with Crippen LogP contribution in [-0.4, -0.2) is 32.6 Å². The van der Waals surface area contributed by atoms with E-state index >= 15 is 0 Å². The van der Waals surface area contributed by atoms with Gasteiger partial charge in [-0.05, 0) is 13.0 Å². The molecular formula is C13H13N5O6. The minimum absolute atomic E-state index is 0.0489. The Bertz CT molecular complexity index is 844. The lowest BCUT2D eigenvalue weighted by molar-refractivity contribution is -0.385. The molecule has 1 aromatic carbocycles. The van der Waals surface area contributed by atoms with E-state index in [1.807, 2.05) is 0 Å². The number of nitro groups is 2. The van der Waals surface area contributed by atoms with Crippen LogP contribution in [0.2, 0.25) is 0 Å². The molecule has 0 atom stereocenters. The summed E-state index contributed by atoms with van der Waals surface area (Å²) in [5, 5.41) is 28.1. The van der Waals surface area contributed by atoms with Gasteiger partial charge in [0.05, 0.1) is 28.7 Å². The molecule has 1 amide bonds. The zero-order valence-electron chi connectivity index (χ0n) is 13.0. The lowest BCUT2D eigenvalue weighted by atomic mass is 10.2. The first-order chi connectivity index (χ1) is 11.3. The minimum Gasteiger partial charge on any atom is -0.494 e. The fraction of sp³-hybridized carbons (Fsp3) is 0.231. The molecule has 0 aliphatic rings. The Kier molecular flexibility index (Phi) is 4.44. The molecule has 0 fully saturated rings. The summed E-state index contributed by atoms with van der Waals surface area (Å²) in [6, 6.07) is 3.58. The smallest absolute Gasteiger partial charge is 0.322 e. The van der Waals surface area contributed by atoms with E-state index < -0.39 is 21.4 Å². The van der Waals surface area contributed by atoms with E-state index in [9.17, 15) is 25.0 Å². The summed E-state index contributed by atoms with van der Waals surface area (Å²) in [6.07, 6.45) is 0. The van der Waals surface area contributed by atoms with Gasteiger partial charge >= 0.3 is 5.69 Å². The van der Waals surface area contributed by atoms with Gasteiger partial charge in [0.1, 0.15) is 11.4 Å². The van der Waals surface area contributed by atoms with Gasteiger partial charge < -0.3 is 10.1 Å². The van der Waals surface area contributed by atoms with Crippen molar-refractivity contribution < 1.29 is 19.4 Å². The summed E-state index contributed by atoms with van der Waals surface area (Å²) < 4.78 is 6.22. The van der Waals surface area contributed by atoms with Crippen LogP contribution >= 0.6 is 0 Å². The molecule has 0 bridgehead atoms. The number of methoxy groups -OCH3 is 1. The van der Waals surface area contributed by atoms with Crippen molar-refractivity contribution in [3.05, 3.63) is 49.8 Å². The zero-order chi connectivity index (χ0) is 18.0. The number of nitrogens with one attached hydrogen (secondary N) is 1. The van der Waals surface area contributed by atoms with Gasteiger partial charge in [-0.3, -0.25) is 29.7 Å². The highest BCUT2D eigenvalue weighted by atomic mass is 16.6. The lowest BCUT2D eigenvalue weighted by Gasteiger charge is -2.08. The Balaban J connectivity index is 2.39. The van der Waals surface area contributed by atoms with Gasteiger partial charge in [-0.25, -0.2) is 0 Å². The SMILES string of the molecule is COc1cc([N+](=O)[O-])ccc1NC(=O)c1nn(C)c(C)c1[N+](=O)[O-]. The fourth-order valence-corrected chi connectivity index (χ4v) is 2.05. The fourth-order valence-electron chi connectivity index (χ4n) is 2.05. The standard InChI is InChI=1S/C13H13N5O6/c1-7-12(18(22)23)11(15-16(7)2)13(19)14-9-5-4-8(17(20)21)6-10(9)24-3/h4-6H,1-3H3,(H,14,19). The van der Waals surface area contributed by atoms with E-state index in [4.69, 9.17) is 4.74 Å². The van der Waals surface area contributed by atoms with Gasteiger partial charge in [0.25, 0.3) is 11.6 Å². The van der Waals surface area contributed by atoms with Crippen molar-refractivity contribution >= 4 is 23.0 Å². The summed E-state index contributed by atoms with van der Waals surface area (Å²) in [6.45, 7) is 1.47. The van der Waals surface area contributed by atoms with E-state index in [1.54, 1.807) is 0 Å². The van der Waals surface area contributed by atoms with Crippen LogP contribution in [0.1, 0.15) is 16.2 Å². The second kappa shape index (κ2) is 6.32. The van der Waals surface area contributed by atoms with Crippen molar-refractivity contribution in [1.29, 1.82) is 0 Å². The molecule has 0 spiro atoms. The second-order valence-corrected chi connectivity index (χ2v) is 4.76. The van der Waals surface area contributed by atoms with Crippen molar-refractivity contribution in [2.75, 3.05) is 12.4 Å². The summed E-state index contributed by atoms with van der Waals surface area (Å²) in [4.78, 5) is 32.9. The molecule has 2 aromatic rings. The highest BCUT2D eigenvalue weighted by molar-refractivity contribution is 6.06. The number of amides is 1. The highest BCUT2D eigenvalue weighted by Gasteiger charge is 2.29. The van der Waals surface area contributed by atoms with Crippen LogP contribution in [0.5, 0.6) is 5.75 Å². The molecule has 0 saturated carbocycles. The molecule has 11 nitrogen and oxygen atoms in total. The number of anilines is 1. The zero-order valence-corrected chi connectivity index (χ0v) is 13.0. The van der Waals surface area contributed by atoms with Crippen LogP contribution in [0.25, 0.3) is 0 Å². The van der Waals surface area contributed by atoms with Crippen molar-refractivity contribution in [3.8, 4) is 5.75 Å². The Morgan fingerprint density at radius 3 is 2.50 bits per heavy atom. The Morgan fingerprint density at radius 2 is 1.96 bits per heavy atom.